The van der Waals surface area contributed by atoms with Crippen LogP contribution in [0.15, 0.2) is 0 Å². The Morgan fingerprint density at radius 1 is 1.05 bits per heavy atom. The van der Waals surface area contributed by atoms with Crippen molar-refractivity contribution in [2.24, 2.45) is 17.6 Å². The van der Waals surface area contributed by atoms with Crippen molar-refractivity contribution in [3.63, 3.8) is 0 Å². The highest BCUT2D eigenvalue weighted by molar-refractivity contribution is 4.86. The van der Waals surface area contributed by atoms with Crippen molar-refractivity contribution in [3.05, 3.63) is 0 Å². The fourth-order valence-corrected chi connectivity index (χ4v) is 4.51. The summed E-state index contributed by atoms with van der Waals surface area (Å²) in [5, 5.41) is 0. The molecule has 1 aliphatic heterocycles. The molecule has 2 nitrogen and oxygen atoms in total. The van der Waals surface area contributed by atoms with Crippen molar-refractivity contribution >= 4 is 0 Å². The Hall–Kier alpha value is -0.0800. The SMILES string of the molecule is CCCC1CCC(N)C(CN2CCCCCC2CC)C1. The van der Waals surface area contributed by atoms with E-state index in [0.29, 0.717) is 6.04 Å². The average molecular weight is 280 g/mol. The number of likely N-dealkylation sites (tertiary alicyclic amines) is 1. The number of nitrogens with two attached hydrogens (primary N) is 1. The van der Waals surface area contributed by atoms with Gasteiger partial charge in [0, 0.05) is 18.6 Å². The predicted octanol–water partition coefficient (Wildman–Crippen LogP) is 4.18. The molecule has 4 unspecified atom stereocenters. The molecular formula is C18H36N2. The minimum atomic E-state index is 0.462. The Balaban J connectivity index is 1.91. The van der Waals surface area contributed by atoms with E-state index in [0.717, 1.165) is 17.9 Å². The minimum absolute atomic E-state index is 0.462. The zero-order chi connectivity index (χ0) is 14.4. The summed E-state index contributed by atoms with van der Waals surface area (Å²) in [6, 6.07) is 1.29. The van der Waals surface area contributed by atoms with Crippen LogP contribution < -0.4 is 5.73 Å². The Bertz CT molecular complexity index is 266. The monoisotopic (exact) mass is 280 g/mol. The summed E-state index contributed by atoms with van der Waals surface area (Å²) in [6.45, 7) is 7.29. The summed E-state index contributed by atoms with van der Waals surface area (Å²) in [6.07, 6.45) is 13.8. The fourth-order valence-electron chi connectivity index (χ4n) is 4.51. The first kappa shape index (κ1) is 16.3. The van der Waals surface area contributed by atoms with Crippen LogP contribution in [-0.2, 0) is 0 Å². The molecule has 118 valence electrons. The summed E-state index contributed by atoms with van der Waals surface area (Å²) < 4.78 is 0. The molecule has 0 aromatic heterocycles. The molecule has 0 bridgehead atoms. The number of hydrogen-bond acceptors (Lipinski definition) is 2. The van der Waals surface area contributed by atoms with Crippen LogP contribution in [0.2, 0.25) is 0 Å². The Morgan fingerprint density at radius 3 is 2.65 bits per heavy atom. The standard InChI is InChI=1S/C18H36N2/c1-3-8-15-10-11-18(19)16(13-15)14-20-12-7-5-6-9-17(20)4-2/h15-18H,3-14,19H2,1-2H3. The van der Waals surface area contributed by atoms with Gasteiger partial charge in [-0.3, -0.25) is 0 Å². The highest BCUT2D eigenvalue weighted by Gasteiger charge is 2.31. The van der Waals surface area contributed by atoms with E-state index in [-0.39, 0.29) is 0 Å². The molecule has 2 N–H and O–H groups in total. The van der Waals surface area contributed by atoms with Crippen molar-refractivity contribution in [1.82, 2.24) is 4.90 Å². The lowest BCUT2D eigenvalue weighted by atomic mass is 9.76. The van der Waals surface area contributed by atoms with Gasteiger partial charge in [-0.25, -0.2) is 0 Å². The van der Waals surface area contributed by atoms with Gasteiger partial charge in [-0.05, 0) is 56.9 Å². The topological polar surface area (TPSA) is 29.3 Å². The summed E-state index contributed by atoms with van der Waals surface area (Å²) in [7, 11) is 0. The quantitative estimate of drug-likeness (QED) is 0.818. The molecule has 0 amide bonds. The first-order valence-electron chi connectivity index (χ1n) is 9.24. The van der Waals surface area contributed by atoms with E-state index in [9.17, 15) is 0 Å². The molecule has 2 heteroatoms. The third kappa shape index (κ3) is 4.46. The molecule has 1 heterocycles. The Kier molecular flexibility index (Phi) is 6.83. The van der Waals surface area contributed by atoms with E-state index in [2.05, 4.69) is 18.7 Å². The maximum Gasteiger partial charge on any atom is 0.00927 e. The molecule has 0 aromatic carbocycles. The average Bonchev–Trinajstić information content (AvgIpc) is 2.68. The maximum atomic E-state index is 6.45. The molecular weight excluding hydrogens is 244 g/mol. The highest BCUT2D eigenvalue weighted by Crippen LogP contribution is 2.33. The summed E-state index contributed by atoms with van der Waals surface area (Å²) >= 11 is 0. The van der Waals surface area contributed by atoms with E-state index >= 15 is 0 Å². The van der Waals surface area contributed by atoms with Gasteiger partial charge in [0.2, 0.25) is 0 Å². The van der Waals surface area contributed by atoms with Crippen molar-refractivity contribution in [1.29, 1.82) is 0 Å². The molecule has 2 fully saturated rings. The molecule has 4 atom stereocenters. The second-order valence-electron chi connectivity index (χ2n) is 7.30. The second kappa shape index (κ2) is 8.38. The van der Waals surface area contributed by atoms with Crippen molar-refractivity contribution in [2.75, 3.05) is 13.1 Å². The first-order valence-corrected chi connectivity index (χ1v) is 9.24. The van der Waals surface area contributed by atoms with Gasteiger partial charge < -0.3 is 10.6 Å². The van der Waals surface area contributed by atoms with Crippen LogP contribution in [0, 0.1) is 11.8 Å². The fraction of sp³-hybridized carbons (Fsp3) is 1.00. The molecule has 20 heavy (non-hydrogen) atoms. The Labute approximate surface area is 126 Å². The van der Waals surface area contributed by atoms with Crippen LogP contribution in [0.3, 0.4) is 0 Å². The van der Waals surface area contributed by atoms with Crippen molar-refractivity contribution in [3.8, 4) is 0 Å². The number of rotatable bonds is 5. The first-order chi connectivity index (χ1) is 9.74. The van der Waals surface area contributed by atoms with Crippen LogP contribution in [-0.4, -0.2) is 30.1 Å². The highest BCUT2D eigenvalue weighted by atomic mass is 15.2. The summed E-state index contributed by atoms with van der Waals surface area (Å²) in [5.74, 6) is 1.71. The third-order valence-electron chi connectivity index (χ3n) is 5.79. The normalized spacial score (nSPS) is 36.8. The zero-order valence-electron chi connectivity index (χ0n) is 13.8. The molecule has 1 saturated carbocycles. The smallest absolute Gasteiger partial charge is 0.00927 e. The predicted molar refractivity (Wildman–Crippen MR) is 87.8 cm³/mol. The van der Waals surface area contributed by atoms with E-state index < -0.39 is 0 Å². The van der Waals surface area contributed by atoms with Crippen molar-refractivity contribution in [2.45, 2.75) is 90.1 Å². The molecule has 1 aliphatic carbocycles. The van der Waals surface area contributed by atoms with E-state index in [1.54, 1.807) is 0 Å². The van der Waals surface area contributed by atoms with Gasteiger partial charge in [0.15, 0.2) is 0 Å². The Morgan fingerprint density at radius 2 is 1.90 bits per heavy atom. The lowest BCUT2D eigenvalue weighted by Gasteiger charge is -2.39. The molecule has 1 saturated heterocycles. The van der Waals surface area contributed by atoms with Gasteiger partial charge in [0.05, 0.1) is 0 Å². The van der Waals surface area contributed by atoms with Gasteiger partial charge >= 0.3 is 0 Å². The summed E-state index contributed by atoms with van der Waals surface area (Å²) in [4.78, 5) is 2.80. The minimum Gasteiger partial charge on any atom is -0.327 e. The van der Waals surface area contributed by atoms with Gasteiger partial charge in [-0.1, -0.05) is 39.5 Å². The van der Waals surface area contributed by atoms with Gasteiger partial charge in [0.1, 0.15) is 0 Å². The lowest BCUT2D eigenvalue weighted by molar-refractivity contribution is 0.118. The van der Waals surface area contributed by atoms with Crippen LogP contribution in [0.5, 0.6) is 0 Å². The molecule has 2 rings (SSSR count). The maximum absolute atomic E-state index is 6.45. The third-order valence-corrected chi connectivity index (χ3v) is 5.79. The number of nitrogens with zero attached hydrogens (tertiary/aromatic N) is 1. The van der Waals surface area contributed by atoms with E-state index in [1.807, 2.05) is 0 Å². The van der Waals surface area contributed by atoms with Crippen LogP contribution >= 0.6 is 0 Å². The largest absolute Gasteiger partial charge is 0.327 e. The number of hydrogen-bond donors (Lipinski definition) is 1. The van der Waals surface area contributed by atoms with E-state index in [1.165, 1.54) is 77.3 Å². The molecule has 0 radical (unpaired) electrons. The van der Waals surface area contributed by atoms with Crippen LogP contribution in [0.1, 0.15) is 78.1 Å². The molecule has 0 aromatic rings. The van der Waals surface area contributed by atoms with Gasteiger partial charge in [-0.2, -0.15) is 0 Å². The zero-order valence-corrected chi connectivity index (χ0v) is 13.8. The van der Waals surface area contributed by atoms with Crippen LogP contribution in [0.25, 0.3) is 0 Å². The van der Waals surface area contributed by atoms with Gasteiger partial charge in [-0.15, -0.1) is 0 Å². The molecule has 2 aliphatic rings. The van der Waals surface area contributed by atoms with E-state index in [4.69, 9.17) is 5.73 Å². The second-order valence-corrected chi connectivity index (χ2v) is 7.30. The lowest BCUT2D eigenvalue weighted by Crippen LogP contribution is -2.46. The van der Waals surface area contributed by atoms with Crippen LogP contribution in [0.4, 0.5) is 0 Å². The van der Waals surface area contributed by atoms with Crippen molar-refractivity contribution < 1.29 is 0 Å². The summed E-state index contributed by atoms with van der Waals surface area (Å²) in [5.41, 5.74) is 6.45. The molecule has 0 spiro atoms. The van der Waals surface area contributed by atoms with Gasteiger partial charge in [0.25, 0.3) is 0 Å².